The highest BCUT2D eigenvalue weighted by Crippen LogP contribution is 2.26. The Morgan fingerprint density at radius 1 is 1.23 bits per heavy atom. The molecule has 0 aliphatic rings. The van der Waals surface area contributed by atoms with Gasteiger partial charge < -0.3 is 10.5 Å². The number of alkyl halides is 3. The summed E-state index contributed by atoms with van der Waals surface area (Å²) in [4.78, 5) is 4.23. The van der Waals surface area contributed by atoms with Gasteiger partial charge in [-0.25, -0.2) is 4.99 Å². The van der Waals surface area contributed by atoms with Crippen molar-refractivity contribution in [3.8, 4) is 5.75 Å². The van der Waals surface area contributed by atoms with Crippen LogP contribution in [-0.2, 0) is 7.05 Å². The quantitative estimate of drug-likeness (QED) is 0.561. The molecule has 2 N–H and O–H groups in total. The second-order valence-electron chi connectivity index (χ2n) is 5.49. The van der Waals surface area contributed by atoms with E-state index in [4.69, 9.17) is 5.73 Å². The molecular formula is C18H15F3N4O. The fourth-order valence-corrected chi connectivity index (χ4v) is 2.50. The molecule has 26 heavy (non-hydrogen) atoms. The van der Waals surface area contributed by atoms with Crippen LogP contribution in [0, 0.1) is 0 Å². The maximum atomic E-state index is 12.2. The van der Waals surface area contributed by atoms with Gasteiger partial charge in [0.1, 0.15) is 11.4 Å². The highest BCUT2D eigenvalue weighted by molar-refractivity contribution is 6.08. The van der Waals surface area contributed by atoms with E-state index in [1.807, 2.05) is 18.2 Å². The Hall–Kier alpha value is -3.29. The lowest BCUT2D eigenvalue weighted by Gasteiger charge is -2.08. The van der Waals surface area contributed by atoms with Crippen molar-refractivity contribution in [3.63, 3.8) is 0 Å². The van der Waals surface area contributed by atoms with E-state index in [-0.39, 0.29) is 11.6 Å². The Kier molecular flexibility index (Phi) is 4.41. The number of ether oxygens (including phenoxy) is 1. The first-order chi connectivity index (χ1) is 12.3. The number of hydrogen-bond acceptors (Lipinski definition) is 3. The van der Waals surface area contributed by atoms with E-state index in [0.717, 1.165) is 16.5 Å². The number of aromatic nitrogens is 2. The number of nitrogens with zero attached hydrogens (tertiary/aromatic N) is 3. The summed E-state index contributed by atoms with van der Waals surface area (Å²) in [6.07, 6.45) is -3.00. The third-order valence-electron chi connectivity index (χ3n) is 3.67. The summed E-state index contributed by atoms with van der Waals surface area (Å²) in [5.41, 5.74) is 8.75. The molecule has 5 nitrogen and oxygen atoms in total. The third-order valence-corrected chi connectivity index (χ3v) is 3.67. The van der Waals surface area contributed by atoms with Gasteiger partial charge in [0.15, 0.2) is 5.84 Å². The van der Waals surface area contributed by atoms with E-state index in [1.54, 1.807) is 17.8 Å². The number of hydrogen-bond donors (Lipinski definition) is 1. The topological polar surface area (TPSA) is 65.4 Å². The molecule has 2 aromatic carbocycles. The average Bonchev–Trinajstić information content (AvgIpc) is 2.92. The molecule has 0 aliphatic heterocycles. The van der Waals surface area contributed by atoms with Crippen LogP contribution >= 0.6 is 0 Å². The normalized spacial score (nSPS) is 12.4. The van der Waals surface area contributed by atoms with Gasteiger partial charge in [-0.3, -0.25) is 4.68 Å². The fourth-order valence-electron chi connectivity index (χ4n) is 2.50. The Labute approximate surface area is 147 Å². The molecule has 0 atom stereocenters. The molecule has 0 saturated carbocycles. The van der Waals surface area contributed by atoms with E-state index in [1.165, 1.54) is 24.3 Å². The van der Waals surface area contributed by atoms with Gasteiger partial charge in [-0.2, -0.15) is 5.10 Å². The number of aliphatic imine (C=N–C) groups is 1. The minimum Gasteiger partial charge on any atom is -0.406 e. The highest BCUT2D eigenvalue weighted by atomic mass is 19.4. The van der Waals surface area contributed by atoms with Gasteiger partial charge in [0, 0.05) is 12.4 Å². The van der Waals surface area contributed by atoms with Gasteiger partial charge in [0.05, 0.1) is 11.2 Å². The zero-order valence-electron chi connectivity index (χ0n) is 13.8. The molecule has 0 radical (unpaired) electrons. The van der Waals surface area contributed by atoms with E-state index in [2.05, 4.69) is 21.4 Å². The number of rotatable bonds is 4. The van der Waals surface area contributed by atoms with Crippen molar-refractivity contribution in [1.29, 1.82) is 0 Å². The largest absolute Gasteiger partial charge is 0.573 e. The minimum atomic E-state index is -4.74. The molecule has 1 heterocycles. The molecular weight excluding hydrogens is 345 g/mol. The van der Waals surface area contributed by atoms with Gasteiger partial charge in [-0.15, -0.1) is 13.2 Å². The van der Waals surface area contributed by atoms with Crippen LogP contribution in [-0.4, -0.2) is 22.0 Å². The lowest BCUT2D eigenvalue weighted by molar-refractivity contribution is -0.274. The van der Waals surface area contributed by atoms with Gasteiger partial charge in [0.25, 0.3) is 0 Å². The van der Waals surface area contributed by atoms with Crippen LogP contribution in [0.3, 0.4) is 0 Å². The first-order valence-electron chi connectivity index (χ1n) is 7.56. The average molecular weight is 360 g/mol. The standard InChI is InChI=1S/C18H15F3N4O/c1-3-11-4-9-14-15(10-11)25(2)24-16(14)17(22)23-12-5-7-13(8-6-12)26-18(19,20)21/h3-10H,1H2,2H3,(H2,22,23). The smallest absolute Gasteiger partial charge is 0.406 e. The van der Waals surface area contributed by atoms with Crippen molar-refractivity contribution in [3.05, 3.63) is 60.3 Å². The van der Waals surface area contributed by atoms with Crippen molar-refractivity contribution in [2.45, 2.75) is 6.36 Å². The molecule has 8 heteroatoms. The fraction of sp³-hybridized carbons (Fsp3) is 0.111. The van der Waals surface area contributed by atoms with Crippen molar-refractivity contribution in [2.75, 3.05) is 0 Å². The zero-order chi connectivity index (χ0) is 18.9. The number of halogens is 3. The molecule has 0 unspecified atom stereocenters. The molecule has 134 valence electrons. The van der Waals surface area contributed by atoms with E-state index in [0.29, 0.717) is 11.4 Å². The number of amidine groups is 1. The Morgan fingerprint density at radius 3 is 2.54 bits per heavy atom. The van der Waals surface area contributed by atoms with Crippen LogP contribution in [0.1, 0.15) is 11.3 Å². The molecule has 3 rings (SSSR count). The monoisotopic (exact) mass is 360 g/mol. The first-order valence-corrected chi connectivity index (χ1v) is 7.56. The van der Waals surface area contributed by atoms with Crippen LogP contribution in [0.15, 0.2) is 54.0 Å². The zero-order valence-corrected chi connectivity index (χ0v) is 13.8. The maximum absolute atomic E-state index is 12.2. The van der Waals surface area contributed by atoms with Crippen LogP contribution in [0.4, 0.5) is 18.9 Å². The van der Waals surface area contributed by atoms with Gasteiger partial charge in [-0.05, 0) is 42.0 Å². The van der Waals surface area contributed by atoms with E-state index < -0.39 is 6.36 Å². The third kappa shape index (κ3) is 3.69. The van der Waals surface area contributed by atoms with Crippen LogP contribution < -0.4 is 10.5 Å². The molecule has 0 bridgehead atoms. The summed E-state index contributed by atoms with van der Waals surface area (Å²) in [5.74, 6) is -0.165. The maximum Gasteiger partial charge on any atom is 0.573 e. The predicted octanol–water partition coefficient (Wildman–Crippen LogP) is 4.15. The second kappa shape index (κ2) is 6.55. The SMILES string of the molecule is C=Cc1ccc2c(C(N)=Nc3ccc(OC(F)(F)F)cc3)nn(C)c2c1. The number of fused-ring (bicyclic) bond motifs is 1. The minimum absolute atomic E-state index is 0.159. The summed E-state index contributed by atoms with van der Waals surface area (Å²) in [6, 6.07) is 10.8. The predicted molar refractivity (Wildman–Crippen MR) is 94.3 cm³/mol. The van der Waals surface area contributed by atoms with Crippen molar-refractivity contribution < 1.29 is 17.9 Å². The number of nitrogens with two attached hydrogens (primary N) is 1. The van der Waals surface area contributed by atoms with E-state index in [9.17, 15) is 13.2 Å². The summed E-state index contributed by atoms with van der Waals surface area (Å²) in [7, 11) is 1.79. The van der Waals surface area contributed by atoms with Crippen molar-refractivity contribution in [2.24, 2.45) is 17.8 Å². The molecule has 3 aromatic rings. The Bertz CT molecular complexity index is 988. The van der Waals surface area contributed by atoms with Crippen LogP contribution in [0.25, 0.3) is 17.0 Å². The van der Waals surface area contributed by atoms with Crippen LogP contribution in [0.5, 0.6) is 5.75 Å². The Balaban J connectivity index is 1.92. The Morgan fingerprint density at radius 2 is 1.92 bits per heavy atom. The molecule has 0 amide bonds. The summed E-state index contributed by atoms with van der Waals surface area (Å²) in [5, 5.41) is 5.20. The van der Waals surface area contributed by atoms with E-state index >= 15 is 0 Å². The molecule has 0 saturated heterocycles. The highest BCUT2D eigenvalue weighted by Gasteiger charge is 2.30. The summed E-state index contributed by atoms with van der Waals surface area (Å²) >= 11 is 0. The van der Waals surface area contributed by atoms with Gasteiger partial charge >= 0.3 is 6.36 Å². The molecule has 0 spiro atoms. The first kappa shape index (κ1) is 17.5. The lowest BCUT2D eigenvalue weighted by atomic mass is 10.1. The summed E-state index contributed by atoms with van der Waals surface area (Å²) < 4.78 is 42.1. The molecule has 0 aliphatic carbocycles. The van der Waals surface area contributed by atoms with Crippen molar-refractivity contribution >= 4 is 28.5 Å². The van der Waals surface area contributed by atoms with Gasteiger partial charge in [-0.1, -0.05) is 18.7 Å². The molecule has 1 aromatic heterocycles. The van der Waals surface area contributed by atoms with Gasteiger partial charge in [0.2, 0.25) is 0 Å². The number of aryl methyl sites for hydroxylation is 1. The second-order valence-corrected chi connectivity index (χ2v) is 5.49. The molecule has 0 fully saturated rings. The van der Waals surface area contributed by atoms with Crippen molar-refractivity contribution in [1.82, 2.24) is 9.78 Å². The number of benzene rings is 2. The lowest BCUT2D eigenvalue weighted by Crippen LogP contribution is -2.17. The summed E-state index contributed by atoms with van der Waals surface area (Å²) in [6.45, 7) is 3.74. The van der Waals surface area contributed by atoms with Crippen LogP contribution in [0.2, 0.25) is 0 Å².